The molecule has 0 amide bonds. The van der Waals surface area contributed by atoms with E-state index in [2.05, 4.69) is 14.0 Å². The number of likely N-dealkylation sites (N-methyl/N-ethyl adjacent to an activating group) is 1. The van der Waals surface area contributed by atoms with Crippen LogP contribution in [0.1, 0.15) is 37.7 Å². The van der Waals surface area contributed by atoms with Crippen LogP contribution in [0.25, 0.3) is 0 Å². The SMILES string of the molecule is CC[C@H](C(=O)O[C@@H]1C[N+]2(C)CCC1CC2)c1ccccc1. The first-order valence-corrected chi connectivity index (χ1v) is 8.20. The molecule has 21 heavy (non-hydrogen) atoms. The molecule has 3 heteroatoms. The summed E-state index contributed by atoms with van der Waals surface area (Å²) >= 11 is 0. The fourth-order valence-corrected chi connectivity index (χ4v) is 3.94. The van der Waals surface area contributed by atoms with Gasteiger partial charge in [0.05, 0.1) is 26.1 Å². The van der Waals surface area contributed by atoms with Crippen molar-refractivity contribution in [3.05, 3.63) is 35.9 Å². The number of carbonyl (C=O) groups excluding carboxylic acids is 1. The Kier molecular flexibility index (Phi) is 4.03. The Labute approximate surface area is 127 Å². The number of hydrogen-bond donors (Lipinski definition) is 0. The Balaban J connectivity index is 1.68. The van der Waals surface area contributed by atoms with Gasteiger partial charge in [-0.1, -0.05) is 37.3 Å². The van der Waals surface area contributed by atoms with E-state index in [-0.39, 0.29) is 18.0 Å². The average molecular weight is 288 g/mol. The Hall–Kier alpha value is -1.35. The van der Waals surface area contributed by atoms with Gasteiger partial charge < -0.3 is 9.22 Å². The summed E-state index contributed by atoms with van der Waals surface area (Å²) in [6.07, 6.45) is 3.34. The highest BCUT2D eigenvalue weighted by molar-refractivity contribution is 5.78. The molecule has 0 N–H and O–H groups in total. The normalized spacial score (nSPS) is 32.7. The van der Waals surface area contributed by atoms with Gasteiger partial charge >= 0.3 is 5.97 Å². The lowest BCUT2D eigenvalue weighted by molar-refractivity contribution is -0.928. The molecule has 3 nitrogen and oxygen atoms in total. The van der Waals surface area contributed by atoms with E-state index in [4.69, 9.17) is 4.74 Å². The Morgan fingerprint density at radius 1 is 1.29 bits per heavy atom. The predicted molar refractivity (Wildman–Crippen MR) is 82.9 cm³/mol. The molecule has 3 heterocycles. The fraction of sp³-hybridized carbons (Fsp3) is 0.611. The number of hydrogen-bond acceptors (Lipinski definition) is 2. The molecule has 0 spiro atoms. The molecule has 4 rings (SSSR count). The van der Waals surface area contributed by atoms with Crippen molar-refractivity contribution in [3.8, 4) is 0 Å². The molecule has 1 aromatic carbocycles. The van der Waals surface area contributed by atoms with Crippen LogP contribution in [0.2, 0.25) is 0 Å². The molecule has 3 aliphatic rings. The average Bonchev–Trinajstić information content (AvgIpc) is 2.49. The maximum absolute atomic E-state index is 12.6. The van der Waals surface area contributed by atoms with E-state index in [9.17, 15) is 4.79 Å². The van der Waals surface area contributed by atoms with Crippen LogP contribution in [-0.4, -0.2) is 43.2 Å². The second-order valence-corrected chi connectivity index (χ2v) is 6.93. The lowest BCUT2D eigenvalue weighted by Gasteiger charge is -2.49. The van der Waals surface area contributed by atoms with Crippen molar-refractivity contribution in [2.24, 2.45) is 5.92 Å². The molecule has 3 saturated heterocycles. The standard InChI is InChI=1S/C18H26NO2/c1-3-16(14-7-5-4-6-8-14)18(20)21-17-13-19(2)11-9-15(17)10-12-19/h4-8,15-17H,3,9-13H2,1-2H3/q+1/t15?,16-,17+,19?/m0/s1. The highest BCUT2D eigenvalue weighted by Crippen LogP contribution is 2.35. The van der Waals surface area contributed by atoms with Crippen LogP contribution < -0.4 is 0 Å². The molecule has 2 bridgehead atoms. The molecule has 3 fully saturated rings. The zero-order chi connectivity index (χ0) is 14.9. The summed E-state index contributed by atoms with van der Waals surface area (Å²) in [5.74, 6) is 0.434. The number of benzene rings is 1. The maximum atomic E-state index is 12.6. The van der Waals surface area contributed by atoms with Gasteiger partial charge in [0.2, 0.25) is 0 Å². The van der Waals surface area contributed by atoms with Crippen LogP contribution in [-0.2, 0) is 9.53 Å². The third-order valence-corrected chi connectivity index (χ3v) is 5.39. The van der Waals surface area contributed by atoms with Crippen LogP contribution in [0.4, 0.5) is 0 Å². The summed E-state index contributed by atoms with van der Waals surface area (Å²) in [4.78, 5) is 12.6. The molecule has 3 aliphatic heterocycles. The Bertz CT molecular complexity index is 491. The smallest absolute Gasteiger partial charge is 0.313 e. The van der Waals surface area contributed by atoms with Crippen LogP contribution in [0, 0.1) is 5.92 Å². The zero-order valence-corrected chi connectivity index (χ0v) is 13.1. The summed E-state index contributed by atoms with van der Waals surface area (Å²) < 4.78 is 7.02. The van der Waals surface area contributed by atoms with E-state index in [1.807, 2.05) is 30.3 Å². The van der Waals surface area contributed by atoms with E-state index in [0.29, 0.717) is 5.92 Å². The number of nitrogens with zero attached hydrogens (tertiary/aromatic N) is 1. The summed E-state index contributed by atoms with van der Waals surface area (Å²) in [7, 11) is 2.30. The second-order valence-electron chi connectivity index (χ2n) is 6.93. The van der Waals surface area contributed by atoms with Crippen LogP contribution in [0.5, 0.6) is 0 Å². The largest absolute Gasteiger partial charge is 0.456 e. The molecule has 0 aliphatic carbocycles. The lowest BCUT2D eigenvalue weighted by atomic mass is 9.83. The van der Waals surface area contributed by atoms with Gasteiger partial charge in [-0.3, -0.25) is 4.79 Å². The first-order valence-electron chi connectivity index (χ1n) is 8.20. The lowest BCUT2D eigenvalue weighted by Crippen LogP contribution is -2.62. The van der Waals surface area contributed by atoms with Gasteiger partial charge in [0.15, 0.2) is 6.10 Å². The predicted octanol–water partition coefficient (Wildman–Crippen LogP) is 2.96. The van der Waals surface area contributed by atoms with Gasteiger partial charge in [0.1, 0.15) is 6.54 Å². The van der Waals surface area contributed by atoms with E-state index in [1.165, 1.54) is 25.9 Å². The zero-order valence-electron chi connectivity index (χ0n) is 13.1. The summed E-state index contributed by atoms with van der Waals surface area (Å²) in [6, 6.07) is 10.0. The van der Waals surface area contributed by atoms with Gasteiger partial charge in [0, 0.05) is 18.8 Å². The van der Waals surface area contributed by atoms with Crippen molar-refractivity contribution < 1.29 is 14.0 Å². The van der Waals surface area contributed by atoms with E-state index >= 15 is 0 Å². The minimum absolute atomic E-state index is 0.0333. The van der Waals surface area contributed by atoms with Crippen LogP contribution in [0.15, 0.2) is 30.3 Å². The second kappa shape index (κ2) is 5.80. The number of piperidine rings is 3. The molecule has 1 aromatic rings. The van der Waals surface area contributed by atoms with Gasteiger partial charge in [-0.05, 0) is 12.0 Å². The first-order chi connectivity index (χ1) is 10.1. The highest BCUT2D eigenvalue weighted by atomic mass is 16.5. The maximum Gasteiger partial charge on any atom is 0.313 e. The molecular weight excluding hydrogens is 262 g/mol. The fourth-order valence-electron chi connectivity index (χ4n) is 3.94. The van der Waals surface area contributed by atoms with Crippen molar-refractivity contribution in [2.75, 3.05) is 26.7 Å². The van der Waals surface area contributed by atoms with Crippen molar-refractivity contribution >= 4 is 5.97 Å². The minimum Gasteiger partial charge on any atom is -0.456 e. The summed E-state index contributed by atoms with van der Waals surface area (Å²) in [6.45, 7) is 5.55. The van der Waals surface area contributed by atoms with Gasteiger partial charge in [-0.15, -0.1) is 0 Å². The first kappa shape index (κ1) is 14.6. The van der Waals surface area contributed by atoms with Gasteiger partial charge in [-0.25, -0.2) is 0 Å². The summed E-state index contributed by atoms with van der Waals surface area (Å²) in [5, 5.41) is 0. The number of ether oxygens (including phenoxy) is 1. The molecule has 114 valence electrons. The molecular formula is C18H26NO2+. The van der Waals surface area contributed by atoms with E-state index < -0.39 is 0 Å². The van der Waals surface area contributed by atoms with E-state index in [0.717, 1.165) is 23.0 Å². The van der Waals surface area contributed by atoms with Crippen molar-refractivity contribution in [1.82, 2.24) is 0 Å². The quantitative estimate of drug-likeness (QED) is 0.629. The third kappa shape index (κ3) is 2.98. The number of carbonyl (C=O) groups is 1. The number of rotatable bonds is 4. The molecule has 2 atom stereocenters. The highest BCUT2D eigenvalue weighted by Gasteiger charge is 2.45. The summed E-state index contributed by atoms with van der Waals surface area (Å²) in [5.41, 5.74) is 1.08. The van der Waals surface area contributed by atoms with Gasteiger partial charge in [0.25, 0.3) is 0 Å². The number of quaternary nitrogens is 1. The monoisotopic (exact) mass is 288 g/mol. The van der Waals surface area contributed by atoms with Crippen molar-refractivity contribution in [3.63, 3.8) is 0 Å². The molecule has 0 radical (unpaired) electrons. The molecule has 0 unspecified atom stereocenters. The minimum atomic E-state index is -0.119. The van der Waals surface area contributed by atoms with Crippen molar-refractivity contribution in [1.29, 1.82) is 0 Å². The van der Waals surface area contributed by atoms with Gasteiger partial charge in [-0.2, -0.15) is 0 Å². The topological polar surface area (TPSA) is 26.3 Å². The third-order valence-electron chi connectivity index (χ3n) is 5.39. The van der Waals surface area contributed by atoms with E-state index in [1.54, 1.807) is 0 Å². The molecule has 0 saturated carbocycles. The Morgan fingerprint density at radius 3 is 2.52 bits per heavy atom. The van der Waals surface area contributed by atoms with Crippen LogP contribution >= 0.6 is 0 Å². The number of fused-ring (bicyclic) bond motifs is 3. The number of esters is 1. The van der Waals surface area contributed by atoms with Crippen molar-refractivity contribution in [2.45, 2.75) is 38.2 Å². The Morgan fingerprint density at radius 2 is 1.95 bits per heavy atom. The molecule has 0 aromatic heterocycles. The van der Waals surface area contributed by atoms with Crippen LogP contribution in [0.3, 0.4) is 0 Å².